The molecular weight excluding hydrogens is 484 g/mol. The normalized spacial score (nSPS) is 13.9. The SMILES string of the molecule is C=C(/C=C\C(=C/C)Sc1ccc(C(C)(C)C)cc1)Oc1ccc(C(/C=C\C(=C/C)OC(C)(C)C)=C/C)cc1. The van der Waals surface area contributed by atoms with E-state index in [-0.39, 0.29) is 11.0 Å². The number of rotatable bonds is 10. The smallest absolute Gasteiger partial charge is 0.127 e. The first-order chi connectivity index (χ1) is 17.8. The van der Waals surface area contributed by atoms with E-state index >= 15 is 0 Å². The van der Waals surface area contributed by atoms with Crippen LogP contribution in [0.1, 0.15) is 73.4 Å². The molecule has 0 heterocycles. The van der Waals surface area contributed by atoms with Crippen molar-refractivity contribution < 1.29 is 9.47 Å². The van der Waals surface area contributed by atoms with E-state index < -0.39 is 0 Å². The minimum Gasteiger partial charge on any atom is -0.489 e. The number of hydrogen-bond acceptors (Lipinski definition) is 3. The highest BCUT2D eigenvalue weighted by atomic mass is 32.2. The second kappa shape index (κ2) is 14.1. The lowest BCUT2D eigenvalue weighted by Crippen LogP contribution is -2.17. The fraction of sp³-hybridized carbons (Fsp3) is 0.314. The lowest BCUT2D eigenvalue weighted by Gasteiger charge is -2.21. The molecule has 2 rings (SSSR count). The van der Waals surface area contributed by atoms with Gasteiger partial charge in [-0.25, -0.2) is 0 Å². The Morgan fingerprint density at radius 2 is 1.37 bits per heavy atom. The van der Waals surface area contributed by atoms with Crippen molar-refractivity contribution in [3.63, 3.8) is 0 Å². The van der Waals surface area contributed by atoms with E-state index in [0.29, 0.717) is 5.76 Å². The summed E-state index contributed by atoms with van der Waals surface area (Å²) in [6, 6.07) is 16.8. The molecule has 0 aliphatic heterocycles. The minimum absolute atomic E-state index is 0.155. The largest absolute Gasteiger partial charge is 0.489 e. The third-order valence-electron chi connectivity index (χ3n) is 5.56. The number of benzene rings is 2. The van der Waals surface area contributed by atoms with Gasteiger partial charge in [0.2, 0.25) is 0 Å². The van der Waals surface area contributed by atoms with Gasteiger partial charge in [-0.15, -0.1) is 0 Å². The van der Waals surface area contributed by atoms with Crippen LogP contribution in [-0.4, -0.2) is 5.60 Å². The first-order valence-electron chi connectivity index (χ1n) is 13.1. The fourth-order valence-electron chi connectivity index (χ4n) is 3.50. The summed E-state index contributed by atoms with van der Waals surface area (Å²) in [5.74, 6) is 2.19. The Hall–Kier alpha value is -3.17. The summed E-state index contributed by atoms with van der Waals surface area (Å²) in [6.07, 6.45) is 14.2. The van der Waals surface area contributed by atoms with Crippen molar-refractivity contribution in [1.29, 1.82) is 0 Å². The van der Waals surface area contributed by atoms with Crippen LogP contribution in [0.2, 0.25) is 0 Å². The topological polar surface area (TPSA) is 18.5 Å². The van der Waals surface area contributed by atoms with Gasteiger partial charge in [-0.1, -0.05) is 81.6 Å². The average Bonchev–Trinajstić information content (AvgIpc) is 2.86. The van der Waals surface area contributed by atoms with Crippen molar-refractivity contribution in [2.75, 3.05) is 0 Å². The number of allylic oxidation sites excluding steroid dienone is 8. The molecule has 0 saturated carbocycles. The maximum atomic E-state index is 5.98. The van der Waals surface area contributed by atoms with E-state index in [9.17, 15) is 0 Å². The van der Waals surface area contributed by atoms with Crippen molar-refractivity contribution in [1.82, 2.24) is 0 Å². The highest BCUT2D eigenvalue weighted by molar-refractivity contribution is 8.03. The van der Waals surface area contributed by atoms with Gasteiger partial charge in [0.1, 0.15) is 22.9 Å². The van der Waals surface area contributed by atoms with Crippen molar-refractivity contribution in [2.24, 2.45) is 0 Å². The molecule has 0 radical (unpaired) electrons. The monoisotopic (exact) mass is 528 g/mol. The van der Waals surface area contributed by atoms with Crippen LogP contribution in [0.3, 0.4) is 0 Å². The van der Waals surface area contributed by atoms with Gasteiger partial charge < -0.3 is 9.47 Å². The molecule has 3 heteroatoms. The molecule has 0 aromatic heterocycles. The van der Waals surface area contributed by atoms with E-state index in [1.807, 2.05) is 78.0 Å². The maximum Gasteiger partial charge on any atom is 0.127 e. The Kier molecular flexibility index (Phi) is 11.5. The Morgan fingerprint density at radius 3 is 1.87 bits per heavy atom. The average molecular weight is 529 g/mol. The highest BCUT2D eigenvalue weighted by Crippen LogP contribution is 2.31. The summed E-state index contributed by atoms with van der Waals surface area (Å²) in [5.41, 5.74) is 3.47. The van der Waals surface area contributed by atoms with Gasteiger partial charge in [-0.05, 0) is 112 Å². The van der Waals surface area contributed by atoms with Crippen molar-refractivity contribution in [3.05, 3.63) is 125 Å². The number of hydrogen-bond donors (Lipinski definition) is 0. The zero-order chi connectivity index (χ0) is 28.3. The van der Waals surface area contributed by atoms with Crippen LogP contribution >= 0.6 is 11.8 Å². The summed E-state index contributed by atoms with van der Waals surface area (Å²) in [5, 5.41) is 0. The van der Waals surface area contributed by atoms with Crippen LogP contribution in [0.4, 0.5) is 0 Å². The summed E-state index contributed by atoms with van der Waals surface area (Å²) in [4.78, 5) is 2.34. The second-order valence-corrected chi connectivity index (χ2v) is 12.1. The molecule has 38 heavy (non-hydrogen) atoms. The van der Waals surface area contributed by atoms with Crippen molar-refractivity contribution in [3.8, 4) is 5.75 Å². The van der Waals surface area contributed by atoms with Gasteiger partial charge in [-0.2, -0.15) is 0 Å². The quantitative estimate of drug-likeness (QED) is 0.174. The van der Waals surface area contributed by atoms with Gasteiger partial charge in [0.15, 0.2) is 0 Å². The van der Waals surface area contributed by atoms with Crippen LogP contribution in [-0.2, 0) is 10.2 Å². The predicted molar refractivity (Wildman–Crippen MR) is 167 cm³/mol. The lowest BCUT2D eigenvalue weighted by atomic mass is 9.87. The third kappa shape index (κ3) is 10.7. The molecular formula is C35H44O2S. The molecule has 2 nitrogen and oxygen atoms in total. The minimum atomic E-state index is -0.234. The molecule has 0 spiro atoms. The first kappa shape index (κ1) is 31.1. The van der Waals surface area contributed by atoms with Crippen LogP contribution in [0, 0.1) is 0 Å². The van der Waals surface area contributed by atoms with E-state index in [4.69, 9.17) is 9.47 Å². The van der Waals surface area contributed by atoms with E-state index in [0.717, 1.165) is 27.6 Å². The van der Waals surface area contributed by atoms with Gasteiger partial charge in [-0.3, -0.25) is 0 Å². The molecule has 0 saturated heterocycles. The summed E-state index contributed by atoms with van der Waals surface area (Å²) >= 11 is 1.73. The molecule has 0 aliphatic carbocycles. The molecule has 202 valence electrons. The molecule has 0 amide bonds. The molecule has 0 unspecified atom stereocenters. The van der Waals surface area contributed by atoms with E-state index in [1.54, 1.807) is 11.8 Å². The van der Waals surface area contributed by atoms with Gasteiger partial charge in [0.25, 0.3) is 0 Å². The Labute approximate surface area is 235 Å². The van der Waals surface area contributed by atoms with Crippen LogP contribution < -0.4 is 4.74 Å². The van der Waals surface area contributed by atoms with Crippen LogP contribution in [0.15, 0.2) is 119 Å². The maximum absolute atomic E-state index is 5.98. The second-order valence-electron chi connectivity index (χ2n) is 11.0. The van der Waals surface area contributed by atoms with Crippen LogP contribution in [0.25, 0.3) is 5.57 Å². The van der Waals surface area contributed by atoms with Crippen molar-refractivity contribution >= 4 is 17.3 Å². The van der Waals surface area contributed by atoms with Crippen molar-refractivity contribution in [2.45, 2.75) is 78.2 Å². The third-order valence-corrected chi connectivity index (χ3v) is 6.67. The first-order valence-corrected chi connectivity index (χ1v) is 14.0. The Balaban J connectivity index is 1.99. The molecule has 2 aromatic carbocycles. The zero-order valence-electron chi connectivity index (χ0n) is 24.6. The summed E-state index contributed by atoms with van der Waals surface area (Å²) in [7, 11) is 0. The molecule has 0 bridgehead atoms. The van der Waals surface area contributed by atoms with E-state index in [1.165, 1.54) is 10.5 Å². The van der Waals surface area contributed by atoms with Gasteiger partial charge >= 0.3 is 0 Å². The van der Waals surface area contributed by atoms with Gasteiger partial charge in [0, 0.05) is 9.80 Å². The summed E-state index contributed by atoms with van der Waals surface area (Å²) in [6.45, 7) is 23.0. The molecule has 2 aromatic rings. The lowest BCUT2D eigenvalue weighted by molar-refractivity contribution is 0.0597. The zero-order valence-corrected chi connectivity index (χ0v) is 25.4. The molecule has 0 atom stereocenters. The highest BCUT2D eigenvalue weighted by Gasteiger charge is 2.13. The van der Waals surface area contributed by atoms with Gasteiger partial charge in [0.05, 0.1) is 0 Å². The number of ether oxygens (including phenoxy) is 2. The Bertz CT molecular complexity index is 1210. The standard InChI is InChI=1S/C35H44O2S/c1-11-27(15-20-30(12-2)37-35(8,9)10)28-16-21-31(22-17-28)36-26(4)14-23-32(13-3)38-33-24-18-29(19-25-33)34(5,6)7/h11-25H,4H2,1-3,5-10H3/b20-15-,23-14-,27-11+,30-12+,32-13+. The Morgan fingerprint density at radius 1 is 0.737 bits per heavy atom. The number of thioether (sulfide) groups is 1. The summed E-state index contributed by atoms with van der Waals surface area (Å²) < 4.78 is 12.0. The molecule has 0 fully saturated rings. The molecule has 0 aliphatic rings. The van der Waals surface area contributed by atoms with E-state index in [2.05, 4.69) is 82.0 Å². The molecule has 0 N–H and O–H groups in total. The fourth-order valence-corrected chi connectivity index (χ4v) is 4.30. The van der Waals surface area contributed by atoms with Crippen LogP contribution in [0.5, 0.6) is 5.75 Å². The predicted octanol–water partition coefficient (Wildman–Crippen LogP) is 10.8.